The van der Waals surface area contributed by atoms with E-state index < -0.39 is 11.8 Å². The Labute approximate surface area is 206 Å². The van der Waals surface area contributed by atoms with Gasteiger partial charge < -0.3 is 15.2 Å². The van der Waals surface area contributed by atoms with E-state index in [1.165, 1.54) is 16.7 Å². The van der Waals surface area contributed by atoms with E-state index in [0.29, 0.717) is 45.9 Å². The zero-order chi connectivity index (χ0) is 26.2. The fourth-order valence-electron chi connectivity index (χ4n) is 3.78. The van der Waals surface area contributed by atoms with Crippen molar-refractivity contribution in [2.75, 3.05) is 23.0 Å². The van der Waals surface area contributed by atoms with Crippen molar-refractivity contribution in [2.24, 2.45) is 0 Å². The molecule has 4 rings (SSSR count). The quantitative estimate of drug-likeness (QED) is 0.361. The molecule has 1 aromatic carbocycles. The summed E-state index contributed by atoms with van der Waals surface area (Å²) >= 11 is 0. The number of urea groups is 1. The molecule has 36 heavy (non-hydrogen) atoms. The maximum Gasteiger partial charge on any atom is 0.326 e. The van der Waals surface area contributed by atoms with E-state index >= 15 is 0 Å². The van der Waals surface area contributed by atoms with Crippen LogP contribution in [0.1, 0.15) is 39.0 Å². The predicted octanol–water partition coefficient (Wildman–Crippen LogP) is 4.90. The number of hydrogen-bond acceptors (Lipinski definition) is 7. The minimum atomic E-state index is -0.710. The fourth-order valence-corrected chi connectivity index (χ4v) is 3.78. The third kappa shape index (κ3) is 4.77. The average Bonchev–Trinajstić information content (AvgIpc) is 3.29. The average molecular weight is 494 g/mol. The molecule has 0 saturated heterocycles. The number of nitrogens with one attached hydrogen (secondary N) is 3. The minimum absolute atomic E-state index is 0.0898. The van der Waals surface area contributed by atoms with Gasteiger partial charge in [-0.15, -0.1) is 0 Å². The molecule has 3 aromatic heterocycles. The number of anilines is 3. The molecule has 3 heterocycles. The van der Waals surface area contributed by atoms with Gasteiger partial charge in [0.15, 0.2) is 0 Å². The molecule has 11 heteroatoms. The second kappa shape index (κ2) is 9.40. The molecule has 4 aromatic rings. The molecule has 0 radical (unpaired) electrons. The lowest BCUT2D eigenvalue weighted by Crippen LogP contribution is -2.23. The number of halogens is 1. The van der Waals surface area contributed by atoms with Crippen molar-refractivity contribution >= 4 is 34.6 Å². The molecule has 2 amide bonds. The highest BCUT2D eigenvalue weighted by Crippen LogP contribution is 2.29. The van der Waals surface area contributed by atoms with Gasteiger partial charge in [0.05, 0.1) is 11.4 Å². The number of aromatic nitrogens is 4. The molecule has 0 bridgehead atoms. The summed E-state index contributed by atoms with van der Waals surface area (Å²) in [7, 11) is 1.70. The van der Waals surface area contributed by atoms with Crippen LogP contribution in [0.15, 0.2) is 39.8 Å². The first-order valence-corrected chi connectivity index (χ1v) is 11.5. The smallest absolute Gasteiger partial charge is 0.326 e. The molecule has 0 aliphatic rings. The zero-order valence-electron chi connectivity index (χ0n) is 21.0. The Kier molecular flexibility index (Phi) is 6.49. The summed E-state index contributed by atoms with van der Waals surface area (Å²) in [6.45, 7) is 9.81. The summed E-state index contributed by atoms with van der Waals surface area (Å²) < 4.78 is 21.5. The molecule has 0 aliphatic heterocycles. The zero-order valence-corrected chi connectivity index (χ0v) is 21.0. The maximum atomic E-state index is 14.8. The second-order valence-corrected chi connectivity index (χ2v) is 9.38. The van der Waals surface area contributed by atoms with Gasteiger partial charge in [-0.05, 0) is 43.2 Å². The molecule has 0 fully saturated rings. The highest BCUT2D eigenvalue weighted by Gasteiger charge is 2.21. The van der Waals surface area contributed by atoms with E-state index in [0.717, 1.165) is 0 Å². The van der Waals surface area contributed by atoms with Crippen LogP contribution in [-0.2, 0) is 12.0 Å². The van der Waals surface area contributed by atoms with Crippen molar-refractivity contribution in [3.05, 3.63) is 57.9 Å². The summed E-state index contributed by atoms with van der Waals surface area (Å²) in [5.74, 6) is -0.113. The van der Waals surface area contributed by atoms with Crippen molar-refractivity contribution in [1.29, 1.82) is 0 Å². The van der Waals surface area contributed by atoms with E-state index in [2.05, 4.69) is 31.1 Å². The SMILES string of the molecule is CCn1c(=O)c(-c2cc(NC(=O)Nc3cc(C(C)(C)C)no3)c(F)cc2C)cc2cnc(NC)nc21. The van der Waals surface area contributed by atoms with Crippen molar-refractivity contribution in [2.45, 2.75) is 46.6 Å². The van der Waals surface area contributed by atoms with Crippen LogP contribution >= 0.6 is 0 Å². The van der Waals surface area contributed by atoms with Crippen LogP contribution in [0.3, 0.4) is 0 Å². The highest BCUT2D eigenvalue weighted by atomic mass is 19.1. The second-order valence-electron chi connectivity index (χ2n) is 9.38. The summed E-state index contributed by atoms with van der Waals surface area (Å²) in [6, 6.07) is 5.29. The third-order valence-corrected chi connectivity index (χ3v) is 5.73. The molecule has 0 unspecified atom stereocenters. The van der Waals surface area contributed by atoms with Crippen LogP contribution in [0, 0.1) is 12.7 Å². The predicted molar refractivity (Wildman–Crippen MR) is 137 cm³/mol. The first-order chi connectivity index (χ1) is 17.0. The first-order valence-electron chi connectivity index (χ1n) is 11.5. The molecule has 0 saturated carbocycles. The number of amides is 2. The van der Waals surface area contributed by atoms with Crippen LogP contribution in [0.5, 0.6) is 0 Å². The van der Waals surface area contributed by atoms with Crippen molar-refractivity contribution in [3.63, 3.8) is 0 Å². The highest BCUT2D eigenvalue weighted by molar-refractivity contribution is 5.99. The van der Waals surface area contributed by atoms with E-state index in [1.54, 1.807) is 32.3 Å². The fraction of sp³-hybridized carbons (Fsp3) is 0.320. The van der Waals surface area contributed by atoms with Crippen LogP contribution < -0.4 is 21.5 Å². The lowest BCUT2D eigenvalue weighted by Gasteiger charge is -2.15. The molecule has 10 nitrogen and oxygen atoms in total. The first kappa shape index (κ1) is 24.8. The molecular weight excluding hydrogens is 465 g/mol. The Morgan fingerprint density at radius 2 is 1.89 bits per heavy atom. The van der Waals surface area contributed by atoms with Crippen LogP contribution in [0.25, 0.3) is 22.2 Å². The van der Waals surface area contributed by atoms with Gasteiger partial charge in [0.1, 0.15) is 11.5 Å². The standard InChI is InChI=1S/C25H28FN7O3/c1-7-33-21-14(12-28-23(27-6)31-21)9-16(22(33)34)15-10-18(17(26)8-13(15)2)29-24(35)30-20-11-19(32-36-20)25(3,4)5/h8-12H,7H2,1-6H3,(H,27,28,31)(H2,29,30,35). The normalized spacial score (nSPS) is 11.5. The molecular formula is C25H28FN7O3. The van der Waals surface area contributed by atoms with Gasteiger partial charge in [-0.2, -0.15) is 4.98 Å². The number of aryl methyl sites for hydroxylation is 2. The Balaban J connectivity index is 1.70. The van der Waals surface area contributed by atoms with Crippen LogP contribution in [0.2, 0.25) is 0 Å². The Morgan fingerprint density at radius 3 is 2.53 bits per heavy atom. The number of fused-ring (bicyclic) bond motifs is 1. The van der Waals surface area contributed by atoms with Gasteiger partial charge in [-0.1, -0.05) is 25.9 Å². The van der Waals surface area contributed by atoms with E-state index in [4.69, 9.17) is 4.52 Å². The number of benzene rings is 1. The molecule has 3 N–H and O–H groups in total. The van der Waals surface area contributed by atoms with E-state index in [1.807, 2.05) is 27.7 Å². The summed E-state index contributed by atoms with van der Waals surface area (Å²) in [4.78, 5) is 34.6. The number of hydrogen-bond donors (Lipinski definition) is 3. The Hall–Kier alpha value is -4.28. The lowest BCUT2D eigenvalue weighted by molar-refractivity contribution is 0.261. The summed E-state index contributed by atoms with van der Waals surface area (Å²) in [6.07, 6.45) is 1.62. The van der Waals surface area contributed by atoms with Crippen molar-refractivity contribution < 1.29 is 13.7 Å². The van der Waals surface area contributed by atoms with Crippen molar-refractivity contribution in [3.8, 4) is 11.1 Å². The number of pyridine rings is 1. The monoisotopic (exact) mass is 493 g/mol. The maximum absolute atomic E-state index is 14.8. The number of nitrogens with zero attached hydrogens (tertiary/aromatic N) is 4. The number of rotatable bonds is 5. The Morgan fingerprint density at radius 1 is 1.14 bits per heavy atom. The van der Waals surface area contributed by atoms with Gasteiger partial charge in [0, 0.05) is 42.2 Å². The Bertz CT molecular complexity index is 1520. The molecule has 0 aliphatic carbocycles. The van der Waals surface area contributed by atoms with Crippen LogP contribution in [-0.4, -0.2) is 32.8 Å². The van der Waals surface area contributed by atoms with Crippen molar-refractivity contribution in [1.82, 2.24) is 19.7 Å². The number of carbonyl (C=O) groups is 1. The van der Waals surface area contributed by atoms with Crippen LogP contribution in [0.4, 0.5) is 26.7 Å². The van der Waals surface area contributed by atoms with Gasteiger partial charge in [0.2, 0.25) is 11.8 Å². The minimum Gasteiger partial charge on any atom is -0.357 e. The van der Waals surface area contributed by atoms with E-state index in [9.17, 15) is 14.0 Å². The van der Waals surface area contributed by atoms with Gasteiger partial charge in [-0.3, -0.25) is 14.7 Å². The van der Waals surface area contributed by atoms with Gasteiger partial charge in [0.25, 0.3) is 5.56 Å². The topological polar surface area (TPSA) is 127 Å². The molecule has 0 spiro atoms. The third-order valence-electron chi connectivity index (χ3n) is 5.73. The number of carbonyl (C=O) groups excluding carboxylic acids is 1. The van der Waals surface area contributed by atoms with Gasteiger partial charge >= 0.3 is 6.03 Å². The largest absolute Gasteiger partial charge is 0.357 e. The van der Waals surface area contributed by atoms with E-state index in [-0.39, 0.29) is 22.5 Å². The lowest BCUT2D eigenvalue weighted by atomic mass is 9.92. The molecule has 188 valence electrons. The van der Waals surface area contributed by atoms with Gasteiger partial charge in [-0.25, -0.2) is 14.2 Å². The molecule has 0 atom stereocenters. The summed E-state index contributed by atoms with van der Waals surface area (Å²) in [5.41, 5.74) is 1.88. The summed E-state index contributed by atoms with van der Waals surface area (Å²) in [5, 5.41) is 12.5.